The largest absolute Gasteiger partial charge is 0.497 e. The van der Waals surface area contributed by atoms with Crippen LogP contribution in [0.2, 0.25) is 0 Å². The fourth-order valence-electron chi connectivity index (χ4n) is 2.04. The van der Waals surface area contributed by atoms with Crippen molar-refractivity contribution >= 4 is 0 Å². The molecule has 0 aliphatic heterocycles. The molecule has 0 radical (unpaired) electrons. The van der Waals surface area contributed by atoms with E-state index in [2.05, 4.69) is 43.2 Å². The van der Waals surface area contributed by atoms with Crippen molar-refractivity contribution in [1.29, 1.82) is 0 Å². The molecule has 3 heteroatoms. The summed E-state index contributed by atoms with van der Waals surface area (Å²) in [4.78, 5) is 2.34. The van der Waals surface area contributed by atoms with Crippen LogP contribution >= 0.6 is 0 Å². The molecule has 0 heterocycles. The second-order valence-electron chi connectivity index (χ2n) is 4.35. The zero-order valence-electron chi connectivity index (χ0n) is 11.5. The molecule has 0 spiro atoms. The SMILES string of the molecule is CCN(C)C(C)C(NC)c1ccc(OC)cc1. The van der Waals surface area contributed by atoms with Gasteiger partial charge >= 0.3 is 0 Å². The minimum atomic E-state index is 0.339. The highest BCUT2D eigenvalue weighted by Crippen LogP contribution is 2.22. The molecule has 3 nitrogen and oxygen atoms in total. The number of nitrogens with one attached hydrogen (secondary N) is 1. The van der Waals surface area contributed by atoms with Crippen LogP contribution in [0.15, 0.2) is 24.3 Å². The molecule has 1 rings (SSSR count). The molecule has 0 aliphatic rings. The van der Waals surface area contributed by atoms with Gasteiger partial charge < -0.3 is 15.0 Å². The Kier molecular flexibility index (Phi) is 5.45. The normalized spacial score (nSPS) is 14.7. The van der Waals surface area contributed by atoms with Crippen LogP contribution < -0.4 is 10.1 Å². The van der Waals surface area contributed by atoms with Crippen molar-refractivity contribution < 1.29 is 4.74 Å². The van der Waals surface area contributed by atoms with E-state index in [0.29, 0.717) is 12.1 Å². The fourth-order valence-corrected chi connectivity index (χ4v) is 2.04. The smallest absolute Gasteiger partial charge is 0.118 e. The average molecular weight is 236 g/mol. The van der Waals surface area contributed by atoms with Crippen LogP contribution in [0.25, 0.3) is 0 Å². The first-order valence-electron chi connectivity index (χ1n) is 6.15. The third-order valence-electron chi connectivity index (χ3n) is 3.46. The highest BCUT2D eigenvalue weighted by atomic mass is 16.5. The molecule has 96 valence electrons. The van der Waals surface area contributed by atoms with E-state index in [0.717, 1.165) is 12.3 Å². The maximum Gasteiger partial charge on any atom is 0.118 e. The van der Waals surface area contributed by atoms with Gasteiger partial charge in [-0.2, -0.15) is 0 Å². The molecule has 0 aliphatic carbocycles. The van der Waals surface area contributed by atoms with Gasteiger partial charge in [-0.1, -0.05) is 19.1 Å². The summed E-state index contributed by atoms with van der Waals surface area (Å²) in [6, 6.07) is 9.07. The topological polar surface area (TPSA) is 24.5 Å². The van der Waals surface area contributed by atoms with E-state index in [1.54, 1.807) is 7.11 Å². The van der Waals surface area contributed by atoms with Gasteiger partial charge in [0.25, 0.3) is 0 Å². The minimum absolute atomic E-state index is 0.339. The van der Waals surface area contributed by atoms with Crippen molar-refractivity contribution in [3.05, 3.63) is 29.8 Å². The van der Waals surface area contributed by atoms with Crippen molar-refractivity contribution in [3.63, 3.8) is 0 Å². The van der Waals surface area contributed by atoms with Gasteiger partial charge in [-0.25, -0.2) is 0 Å². The highest BCUT2D eigenvalue weighted by Gasteiger charge is 2.20. The van der Waals surface area contributed by atoms with E-state index in [1.165, 1.54) is 5.56 Å². The first-order valence-corrected chi connectivity index (χ1v) is 6.15. The molecule has 0 saturated carbocycles. The van der Waals surface area contributed by atoms with Gasteiger partial charge in [0.05, 0.1) is 7.11 Å². The molecule has 0 fully saturated rings. The fraction of sp³-hybridized carbons (Fsp3) is 0.571. The summed E-state index contributed by atoms with van der Waals surface area (Å²) in [6.07, 6.45) is 0. The molecule has 0 saturated heterocycles. The van der Waals surface area contributed by atoms with Gasteiger partial charge in [0.1, 0.15) is 5.75 Å². The van der Waals surface area contributed by atoms with Gasteiger partial charge in [0.15, 0.2) is 0 Å². The van der Waals surface area contributed by atoms with Gasteiger partial charge in [0.2, 0.25) is 0 Å². The Morgan fingerprint density at radius 3 is 2.29 bits per heavy atom. The summed E-state index contributed by atoms with van der Waals surface area (Å²) in [6.45, 7) is 5.47. The predicted octanol–water partition coefficient (Wildman–Crippen LogP) is 2.30. The Balaban J connectivity index is 2.85. The van der Waals surface area contributed by atoms with E-state index in [-0.39, 0.29) is 0 Å². The van der Waals surface area contributed by atoms with Crippen LogP contribution in [0.4, 0.5) is 0 Å². The number of likely N-dealkylation sites (N-methyl/N-ethyl adjacent to an activating group) is 2. The average Bonchev–Trinajstić information content (AvgIpc) is 2.39. The van der Waals surface area contributed by atoms with Crippen LogP contribution in [-0.4, -0.2) is 38.7 Å². The standard InChI is InChI=1S/C14H24N2O/c1-6-16(4)11(2)14(15-3)12-7-9-13(17-5)10-8-12/h7-11,14-15H,6H2,1-5H3. The van der Waals surface area contributed by atoms with E-state index < -0.39 is 0 Å². The second kappa shape index (κ2) is 6.62. The molecule has 0 amide bonds. The van der Waals surface area contributed by atoms with Crippen LogP contribution in [-0.2, 0) is 0 Å². The lowest BCUT2D eigenvalue weighted by molar-refractivity contribution is 0.222. The van der Waals surface area contributed by atoms with Crippen molar-refractivity contribution in [2.24, 2.45) is 0 Å². The Morgan fingerprint density at radius 1 is 1.29 bits per heavy atom. The van der Waals surface area contributed by atoms with E-state index in [4.69, 9.17) is 4.74 Å². The van der Waals surface area contributed by atoms with Crippen LogP contribution in [0.5, 0.6) is 5.75 Å². The summed E-state index contributed by atoms with van der Waals surface area (Å²) in [5, 5.41) is 3.39. The first-order chi connectivity index (χ1) is 8.13. The van der Waals surface area contributed by atoms with Crippen LogP contribution in [0, 0.1) is 0 Å². The summed E-state index contributed by atoms with van der Waals surface area (Å²) >= 11 is 0. The quantitative estimate of drug-likeness (QED) is 0.820. The van der Waals surface area contributed by atoms with Crippen molar-refractivity contribution in [1.82, 2.24) is 10.2 Å². The van der Waals surface area contributed by atoms with E-state index in [1.807, 2.05) is 19.2 Å². The zero-order chi connectivity index (χ0) is 12.8. The molecule has 1 aromatic carbocycles. The molecule has 0 bridgehead atoms. The number of rotatable bonds is 6. The number of hydrogen-bond donors (Lipinski definition) is 1. The number of benzene rings is 1. The van der Waals surface area contributed by atoms with Crippen LogP contribution in [0.1, 0.15) is 25.5 Å². The Labute approximate surface area is 105 Å². The number of hydrogen-bond acceptors (Lipinski definition) is 3. The first kappa shape index (κ1) is 14.0. The molecule has 1 N–H and O–H groups in total. The molecule has 2 unspecified atom stereocenters. The number of methoxy groups -OCH3 is 1. The second-order valence-corrected chi connectivity index (χ2v) is 4.35. The van der Waals surface area contributed by atoms with Gasteiger partial charge in [-0.15, -0.1) is 0 Å². The lowest BCUT2D eigenvalue weighted by atomic mass is 9.99. The summed E-state index contributed by atoms with van der Waals surface area (Å²) < 4.78 is 5.18. The van der Waals surface area contributed by atoms with Gasteiger partial charge in [-0.05, 0) is 45.3 Å². The van der Waals surface area contributed by atoms with E-state index in [9.17, 15) is 0 Å². The number of ether oxygens (including phenoxy) is 1. The van der Waals surface area contributed by atoms with Gasteiger partial charge in [0, 0.05) is 12.1 Å². The molecule has 0 aromatic heterocycles. The zero-order valence-corrected chi connectivity index (χ0v) is 11.5. The van der Waals surface area contributed by atoms with Gasteiger partial charge in [-0.3, -0.25) is 0 Å². The Bertz CT molecular complexity index is 323. The number of nitrogens with zero attached hydrogens (tertiary/aromatic N) is 1. The monoisotopic (exact) mass is 236 g/mol. The Hall–Kier alpha value is -1.06. The lowest BCUT2D eigenvalue weighted by Crippen LogP contribution is -2.39. The third-order valence-corrected chi connectivity index (χ3v) is 3.46. The van der Waals surface area contributed by atoms with Crippen molar-refractivity contribution in [2.45, 2.75) is 25.9 Å². The maximum atomic E-state index is 5.18. The predicted molar refractivity (Wildman–Crippen MR) is 72.6 cm³/mol. The molecule has 2 atom stereocenters. The molecular formula is C14H24N2O. The van der Waals surface area contributed by atoms with Crippen molar-refractivity contribution in [3.8, 4) is 5.75 Å². The summed E-state index contributed by atoms with van der Waals surface area (Å²) in [7, 11) is 5.85. The third kappa shape index (κ3) is 3.45. The highest BCUT2D eigenvalue weighted by molar-refractivity contribution is 5.29. The molecular weight excluding hydrogens is 212 g/mol. The minimum Gasteiger partial charge on any atom is -0.497 e. The van der Waals surface area contributed by atoms with E-state index >= 15 is 0 Å². The molecule has 1 aromatic rings. The van der Waals surface area contributed by atoms with Crippen LogP contribution in [0.3, 0.4) is 0 Å². The lowest BCUT2D eigenvalue weighted by Gasteiger charge is -2.31. The maximum absolute atomic E-state index is 5.18. The summed E-state index contributed by atoms with van der Waals surface area (Å²) in [5.74, 6) is 0.903. The summed E-state index contributed by atoms with van der Waals surface area (Å²) in [5.41, 5.74) is 1.29. The van der Waals surface area contributed by atoms with Crippen molar-refractivity contribution in [2.75, 3.05) is 27.7 Å². The molecule has 17 heavy (non-hydrogen) atoms. The Morgan fingerprint density at radius 2 is 1.88 bits per heavy atom.